The Labute approximate surface area is 113 Å². The van der Waals surface area contributed by atoms with E-state index < -0.39 is 0 Å². The second-order valence-electron chi connectivity index (χ2n) is 5.50. The van der Waals surface area contributed by atoms with Gasteiger partial charge in [0, 0.05) is 18.6 Å². The van der Waals surface area contributed by atoms with Crippen LogP contribution in [0.4, 0.5) is 0 Å². The molecule has 19 heavy (non-hydrogen) atoms. The zero-order valence-corrected chi connectivity index (χ0v) is 11.5. The Kier molecular flexibility index (Phi) is 4.10. The number of nitrogens with zero attached hydrogens (tertiary/aromatic N) is 3. The third-order valence-electron chi connectivity index (χ3n) is 4.10. The molecular formula is C13H22N4O2. The summed E-state index contributed by atoms with van der Waals surface area (Å²) in [4.78, 5) is 6.83. The van der Waals surface area contributed by atoms with E-state index in [0.717, 1.165) is 51.0 Å². The molecule has 2 saturated heterocycles. The van der Waals surface area contributed by atoms with Crippen LogP contribution in [0.3, 0.4) is 0 Å². The minimum atomic E-state index is 0.321. The predicted molar refractivity (Wildman–Crippen MR) is 69.8 cm³/mol. The predicted octanol–water partition coefficient (Wildman–Crippen LogP) is 0.757. The van der Waals surface area contributed by atoms with Crippen molar-refractivity contribution >= 4 is 0 Å². The molecule has 1 aromatic heterocycles. The maximum absolute atomic E-state index is 5.36. The highest BCUT2D eigenvalue weighted by Crippen LogP contribution is 2.23. The van der Waals surface area contributed by atoms with E-state index in [1.54, 1.807) is 0 Å². The summed E-state index contributed by atoms with van der Waals surface area (Å²) in [6.07, 6.45) is 3.38. The first-order valence-electron chi connectivity index (χ1n) is 7.14. The van der Waals surface area contributed by atoms with Crippen molar-refractivity contribution in [2.45, 2.75) is 37.8 Å². The number of hydrogen-bond donors (Lipinski definition) is 1. The Morgan fingerprint density at radius 1 is 1.32 bits per heavy atom. The van der Waals surface area contributed by atoms with Crippen molar-refractivity contribution in [1.29, 1.82) is 0 Å². The van der Waals surface area contributed by atoms with Crippen LogP contribution in [0.15, 0.2) is 4.52 Å². The molecule has 0 spiro atoms. The van der Waals surface area contributed by atoms with Crippen LogP contribution >= 0.6 is 0 Å². The van der Waals surface area contributed by atoms with Crippen LogP contribution in [0.25, 0.3) is 0 Å². The normalized spacial score (nSPS) is 25.3. The van der Waals surface area contributed by atoms with Gasteiger partial charge in [0.05, 0.1) is 13.2 Å². The fourth-order valence-corrected chi connectivity index (χ4v) is 2.83. The van der Waals surface area contributed by atoms with Crippen molar-refractivity contribution < 1.29 is 9.26 Å². The molecule has 106 valence electrons. The zero-order valence-electron chi connectivity index (χ0n) is 11.5. The van der Waals surface area contributed by atoms with Gasteiger partial charge in [0.15, 0.2) is 5.82 Å². The third-order valence-corrected chi connectivity index (χ3v) is 4.10. The van der Waals surface area contributed by atoms with E-state index >= 15 is 0 Å². The van der Waals surface area contributed by atoms with Gasteiger partial charge in [-0.05, 0) is 39.4 Å². The lowest BCUT2D eigenvalue weighted by Crippen LogP contribution is -2.40. The monoisotopic (exact) mass is 266 g/mol. The molecule has 2 aliphatic heterocycles. The van der Waals surface area contributed by atoms with E-state index in [-0.39, 0.29) is 0 Å². The van der Waals surface area contributed by atoms with Crippen molar-refractivity contribution in [2.24, 2.45) is 0 Å². The molecule has 6 nitrogen and oxygen atoms in total. The van der Waals surface area contributed by atoms with Gasteiger partial charge in [-0.15, -0.1) is 0 Å². The highest BCUT2D eigenvalue weighted by atomic mass is 16.5. The minimum Gasteiger partial charge on any atom is -0.381 e. The van der Waals surface area contributed by atoms with E-state index in [0.29, 0.717) is 12.0 Å². The summed E-state index contributed by atoms with van der Waals surface area (Å²) in [6.45, 7) is 4.48. The van der Waals surface area contributed by atoms with Gasteiger partial charge >= 0.3 is 0 Å². The van der Waals surface area contributed by atoms with Crippen molar-refractivity contribution in [3.05, 3.63) is 11.7 Å². The zero-order chi connectivity index (χ0) is 13.1. The Morgan fingerprint density at radius 3 is 2.89 bits per heavy atom. The number of ether oxygens (including phenoxy) is 1. The molecule has 1 N–H and O–H groups in total. The van der Waals surface area contributed by atoms with Crippen LogP contribution in [0.5, 0.6) is 0 Å². The lowest BCUT2D eigenvalue weighted by Gasteiger charge is -2.30. The van der Waals surface area contributed by atoms with Crippen molar-refractivity contribution in [2.75, 3.05) is 33.4 Å². The Hall–Kier alpha value is -0.980. The van der Waals surface area contributed by atoms with Crippen LogP contribution in [-0.2, 0) is 11.3 Å². The highest BCUT2D eigenvalue weighted by molar-refractivity contribution is 4.97. The third kappa shape index (κ3) is 3.13. The molecular weight excluding hydrogens is 244 g/mol. The molecule has 2 fully saturated rings. The van der Waals surface area contributed by atoms with Gasteiger partial charge in [-0.3, -0.25) is 4.90 Å². The summed E-state index contributed by atoms with van der Waals surface area (Å²) >= 11 is 0. The van der Waals surface area contributed by atoms with Crippen LogP contribution in [0.2, 0.25) is 0 Å². The molecule has 0 bridgehead atoms. The standard InChI is InChI=1S/C13H22N4O2/c1-17(11-2-5-14-6-3-11)8-12-15-13(16-19-12)10-4-7-18-9-10/h10-11,14H,2-9H2,1H3/t10-/m0/s1. The van der Waals surface area contributed by atoms with Gasteiger partial charge in [0.2, 0.25) is 5.89 Å². The first-order chi connectivity index (χ1) is 9.33. The number of piperidine rings is 1. The van der Waals surface area contributed by atoms with E-state index in [2.05, 4.69) is 27.4 Å². The Morgan fingerprint density at radius 2 is 2.16 bits per heavy atom. The van der Waals surface area contributed by atoms with E-state index in [1.807, 2.05) is 0 Å². The minimum absolute atomic E-state index is 0.321. The van der Waals surface area contributed by atoms with Gasteiger partial charge in [0.1, 0.15) is 0 Å². The molecule has 0 aliphatic carbocycles. The maximum atomic E-state index is 5.36. The molecule has 6 heteroatoms. The van der Waals surface area contributed by atoms with Gasteiger partial charge < -0.3 is 14.6 Å². The van der Waals surface area contributed by atoms with E-state index in [4.69, 9.17) is 9.26 Å². The topological polar surface area (TPSA) is 63.4 Å². The summed E-state index contributed by atoms with van der Waals surface area (Å²) in [6, 6.07) is 0.617. The number of nitrogens with one attached hydrogen (secondary N) is 1. The Balaban J connectivity index is 1.56. The molecule has 0 saturated carbocycles. The van der Waals surface area contributed by atoms with Crippen LogP contribution in [0, 0.1) is 0 Å². The van der Waals surface area contributed by atoms with Gasteiger partial charge in [-0.1, -0.05) is 5.16 Å². The second-order valence-corrected chi connectivity index (χ2v) is 5.50. The average Bonchev–Trinajstić information content (AvgIpc) is 3.10. The number of rotatable bonds is 4. The highest BCUT2D eigenvalue weighted by Gasteiger charge is 2.24. The van der Waals surface area contributed by atoms with Gasteiger partial charge in [0.25, 0.3) is 0 Å². The number of hydrogen-bond acceptors (Lipinski definition) is 6. The molecule has 0 radical (unpaired) electrons. The molecule has 1 atom stereocenters. The van der Waals surface area contributed by atoms with Gasteiger partial charge in [-0.25, -0.2) is 0 Å². The second kappa shape index (κ2) is 5.98. The van der Waals surface area contributed by atoms with Crippen LogP contribution in [0.1, 0.15) is 36.9 Å². The first kappa shape index (κ1) is 13.0. The molecule has 2 aliphatic rings. The molecule has 1 aromatic rings. The maximum Gasteiger partial charge on any atom is 0.240 e. The first-order valence-corrected chi connectivity index (χ1v) is 7.14. The van der Waals surface area contributed by atoms with Gasteiger partial charge in [-0.2, -0.15) is 4.98 Å². The smallest absolute Gasteiger partial charge is 0.240 e. The van der Waals surface area contributed by atoms with E-state index in [1.165, 1.54) is 12.8 Å². The Bertz CT molecular complexity index is 397. The lowest BCUT2D eigenvalue weighted by atomic mass is 10.1. The lowest BCUT2D eigenvalue weighted by molar-refractivity contribution is 0.170. The van der Waals surface area contributed by atoms with Crippen LogP contribution in [-0.4, -0.2) is 54.4 Å². The summed E-state index contributed by atoms with van der Waals surface area (Å²) in [5.74, 6) is 1.86. The van der Waals surface area contributed by atoms with Crippen molar-refractivity contribution in [3.63, 3.8) is 0 Å². The quantitative estimate of drug-likeness (QED) is 0.868. The summed E-state index contributed by atoms with van der Waals surface area (Å²) in [7, 11) is 2.14. The summed E-state index contributed by atoms with van der Waals surface area (Å²) in [5, 5.41) is 7.47. The largest absolute Gasteiger partial charge is 0.381 e. The summed E-state index contributed by atoms with van der Waals surface area (Å²) in [5.41, 5.74) is 0. The van der Waals surface area contributed by atoms with Crippen LogP contribution < -0.4 is 5.32 Å². The molecule has 3 heterocycles. The van der Waals surface area contributed by atoms with Crippen molar-refractivity contribution in [1.82, 2.24) is 20.4 Å². The summed E-state index contributed by atoms with van der Waals surface area (Å²) < 4.78 is 10.7. The fraction of sp³-hybridized carbons (Fsp3) is 0.846. The average molecular weight is 266 g/mol. The fourth-order valence-electron chi connectivity index (χ4n) is 2.83. The molecule has 0 aromatic carbocycles. The molecule has 0 unspecified atom stereocenters. The number of aromatic nitrogens is 2. The molecule has 0 amide bonds. The SMILES string of the molecule is CN(Cc1nc([C@H]2CCOC2)no1)C1CCNCC1. The molecule has 3 rings (SSSR count). The van der Waals surface area contributed by atoms with Crippen molar-refractivity contribution in [3.8, 4) is 0 Å². The van der Waals surface area contributed by atoms with E-state index in [9.17, 15) is 0 Å².